The number of amides is 1. The van der Waals surface area contributed by atoms with E-state index in [0.717, 1.165) is 116 Å². The van der Waals surface area contributed by atoms with Crippen LogP contribution in [0.4, 0.5) is 0 Å². The lowest BCUT2D eigenvalue weighted by molar-refractivity contribution is -0.870. The summed E-state index contributed by atoms with van der Waals surface area (Å²) in [7, 11) is 1.41. The van der Waals surface area contributed by atoms with Crippen LogP contribution in [0.1, 0.15) is 207 Å². The maximum Gasteiger partial charge on any atom is 0.472 e. The Kier molecular flexibility index (Phi) is 51.3. The van der Waals surface area contributed by atoms with Crippen molar-refractivity contribution in [3.05, 3.63) is 146 Å². The highest BCUT2D eigenvalue weighted by Crippen LogP contribution is 2.43. The van der Waals surface area contributed by atoms with E-state index in [1.807, 2.05) is 45.4 Å². The molecule has 76 heavy (non-hydrogen) atoms. The van der Waals surface area contributed by atoms with E-state index in [9.17, 15) is 19.0 Å². The molecule has 0 aliphatic heterocycles. The van der Waals surface area contributed by atoms with E-state index in [-0.39, 0.29) is 37.9 Å². The highest BCUT2D eigenvalue weighted by Gasteiger charge is 2.30. The van der Waals surface area contributed by atoms with Gasteiger partial charge in [-0.1, -0.05) is 225 Å². The topological polar surface area (TPSA) is 111 Å². The van der Waals surface area contributed by atoms with Gasteiger partial charge in [-0.15, -0.1) is 0 Å². The molecule has 0 saturated carbocycles. The van der Waals surface area contributed by atoms with Crippen molar-refractivity contribution in [3.63, 3.8) is 0 Å². The molecule has 1 amide bonds. The van der Waals surface area contributed by atoms with E-state index in [4.69, 9.17) is 13.8 Å². The summed E-state index contributed by atoms with van der Waals surface area (Å²) in [6.45, 7) is 6.67. The van der Waals surface area contributed by atoms with Crippen LogP contribution in [0.3, 0.4) is 0 Å². The van der Waals surface area contributed by atoms with E-state index in [0.29, 0.717) is 23.9 Å². The van der Waals surface area contributed by atoms with Gasteiger partial charge < -0.3 is 19.4 Å². The van der Waals surface area contributed by atoms with Gasteiger partial charge in [-0.05, 0) is 115 Å². The van der Waals surface area contributed by atoms with Crippen molar-refractivity contribution >= 4 is 19.7 Å². The summed E-state index contributed by atoms with van der Waals surface area (Å²) in [5.74, 6) is -0.646. The fourth-order valence-electron chi connectivity index (χ4n) is 7.52. The smallest absolute Gasteiger partial charge is 0.456 e. The van der Waals surface area contributed by atoms with Crippen molar-refractivity contribution in [3.8, 4) is 0 Å². The van der Waals surface area contributed by atoms with E-state index in [1.165, 1.54) is 44.9 Å². The summed E-state index contributed by atoms with van der Waals surface area (Å²) < 4.78 is 30.5. The second kappa shape index (κ2) is 54.3. The Bertz CT molecular complexity index is 1810. The highest BCUT2D eigenvalue weighted by atomic mass is 31.2. The van der Waals surface area contributed by atoms with Gasteiger partial charge in [0.15, 0.2) is 0 Å². The first-order chi connectivity index (χ1) is 36.9. The largest absolute Gasteiger partial charge is 0.472 e. The maximum atomic E-state index is 13.5. The number of quaternary nitrogens is 1. The molecule has 0 spiro atoms. The van der Waals surface area contributed by atoms with Crippen molar-refractivity contribution in [1.82, 2.24) is 5.32 Å². The lowest BCUT2D eigenvalue weighted by Crippen LogP contribution is -2.47. The molecule has 0 aromatic heterocycles. The van der Waals surface area contributed by atoms with Crippen molar-refractivity contribution in [2.75, 3.05) is 40.9 Å². The Morgan fingerprint density at radius 3 is 1.29 bits per heavy atom. The van der Waals surface area contributed by atoms with Crippen molar-refractivity contribution < 1.29 is 37.3 Å². The maximum absolute atomic E-state index is 13.5. The van der Waals surface area contributed by atoms with Crippen LogP contribution in [0.5, 0.6) is 0 Å². The minimum absolute atomic E-state index is 0.0139. The molecule has 0 aromatic carbocycles. The first kappa shape index (κ1) is 71.9. The SMILES string of the molecule is CC/C=C\C/C=C\C/C=C\C/C=C\C/C=C\C/C=C\CCCCCCC(=O)OC(/C=C\CCCCCCCCCCC)C(COP(=O)(O)OCC[N+](C)(C)C)NC(=O)CC/C=C/C/C=C/C/C=C/C/C=C/C/C=C/CC. The number of esters is 1. The number of phosphoric ester groups is 1. The number of carbonyl (C=O) groups excluding carboxylic acids is 2. The lowest BCUT2D eigenvalue weighted by Gasteiger charge is -2.27. The molecular formula is C66H110N2O7P+. The third-order valence-corrected chi connectivity index (χ3v) is 13.0. The molecule has 0 aliphatic carbocycles. The molecule has 9 nitrogen and oxygen atoms in total. The number of rotatable bonds is 51. The minimum atomic E-state index is -4.48. The van der Waals surface area contributed by atoms with Gasteiger partial charge in [-0.2, -0.15) is 0 Å². The Labute approximate surface area is 466 Å². The van der Waals surface area contributed by atoms with Gasteiger partial charge in [0.1, 0.15) is 19.3 Å². The Balaban J connectivity index is 5.40. The number of nitrogens with one attached hydrogen (secondary N) is 1. The zero-order valence-electron chi connectivity index (χ0n) is 48.9. The van der Waals surface area contributed by atoms with E-state index < -0.39 is 20.0 Å². The van der Waals surface area contributed by atoms with Gasteiger partial charge in [0.25, 0.3) is 0 Å². The first-order valence-corrected chi connectivity index (χ1v) is 31.2. The number of likely N-dealkylation sites (N-methyl/N-ethyl adjacent to an activating group) is 1. The summed E-state index contributed by atoms with van der Waals surface area (Å²) in [5, 5.41) is 2.99. The molecule has 3 unspecified atom stereocenters. The molecule has 10 heteroatoms. The number of hydrogen-bond donors (Lipinski definition) is 2. The van der Waals surface area contributed by atoms with Gasteiger partial charge >= 0.3 is 13.8 Å². The number of carbonyl (C=O) groups is 2. The molecule has 0 radical (unpaired) electrons. The summed E-state index contributed by atoms with van der Waals surface area (Å²) in [6, 6.07) is -0.909. The van der Waals surface area contributed by atoms with Gasteiger partial charge in [0, 0.05) is 12.8 Å². The molecular weight excluding hydrogens is 964 g/mol. The number of allylic oxidation sites excluding steroid dienone is 23. The zero-order chi connectivity index (χ0) is 55.7. The molecule has 0 bridgehead atoms. The predicted molar refractivity (Wildman–Crippen MR) is 327 cm³/mol. The third-order valence-electron chi connectivity index (χ3n) is 12.0. The minimum Gasteiger partial charge on any atom is -0.456 e. The summed E-state index contributed by atoms with van der Waals surface area (Å²) in [6.07, 6.45) is 78.7. The van der Waals surface area contributed by atoms with Gasteiger partial charge in [0.2, 0.25) is 5.91 Å². The zero-order valence-corrected chi connectivity index (χ0v) is 49.8. The predicted octanol–water partition coefficient (Wildman–Crippen LogP) is 18.3. The third kappa shape index (κ3) is 54.7. The van der Waals surface area contributed by atoms with Crippen LogP contribution < -0.4 is 5.32 Å². The van der Waals surface area contributed by atoms with Crippen LogP contribution in [0.15, 0.2) is 146 Å². The fraction of sp³-hybridized carbons (Fsp3) is 0.606. The van der Waals surface area contributed by atoms with Crippen LogP contribution in [-0.2, 0) is 27.9 Å². The second-order valence-corrected chi connectivity index (χ2v) is 21.9. The molecule has 0 heterocycles. The van der Waals surface area contributed by atoms with E-state index >= 15 is 0 Å². The van der Waals surface area contributed by atoms with Crippen LogP contribution in [0, 0.1) is 0 Å². The molecule has 430 valence electrons. The molecule has 2 N–H and O–H groups in total. The Morgan fingerprint density at radius 1 is 0.474 bits per heavy atom. The number of unbranched alkanes of at least 4 members (excludes halogenated alkanes) is 13. The van der Waals surface area contributed by atoms with E-state index in [2.05, 4.69) is 148 Å². The number of ether oxygens (including phenoxy) is 1. The molecule has 0 aliphatic rings. The summed E-state index contributed by atoms with van der Waals surface area (Å²) in [5.41, 5.74) is 0. The van der Waals surface area contributed by atoms with Crippen LogP contribution in [0.25, 0.3) is 0 Å². The molecule has 0 saturated heterocycles. The average Bonchev–Trinajstić information content (AvgIpc) is 3.38. The van der Waals surface area contributed by atoms with Crippen molar-refractivity contribution in [2.45, 2.75) is 219 Å². The number of phosphoric acid groups is 1. The average molecular weight is 1070 g/mol. The molecule has 0 aromatic rings. The number of nitrogens with zero attached hydrogens (tertiary/aromatic N) is 1. The van der Waals surface area contributed by atoms with Crippen molar-refractivity contribution in [2.24, 2.45) is 0 Å². The highest BCUT2D eigenvalue weighted by molar-refractivity contribution is 7.47. The fourth-order valence-corrected chi connectivity index (χ4v) is 8.25. The molecule has 3 atom stereocenters. The summed E-state index contributed by atoms with van der Waals surface area (Å²) in [4.78, 5) is 37.6. The first-order valence-electron chi connectivity index (χ1n) is 29.7. The Hall–Kier alpha value is -4.11. The van der Waals surface area contributed by atoms with Crippen LogP contribution in [0.2, 0.25) is 0 Å². The summed E-state index contributed by atoms with van der Waals surface area (Å²) >= 11 is 0. The number of hydrogen-bond acceptors (Lipinski definition) is 6. The van der Waals surface area contributed by atoms with Gasteiger partial charge in [0.05, 0.1) is 33.8 Å². The normalized spacial score (nSPS) is 14.8. The Morgan fingerprint density at radius 2 is 0.855 bits per heavy atom. The monoisotopic (exact) mass is 1070 g/mol. The van der Waals surface area contributed by atoms with E-state index in [1.54, 1.807) is 0 Å². The molecule has 0 fully saturated rings. The lowest BCUT2D eigenvalue weighted by atomic mass is 10.1. The van der Waals surface area contributed by atoms with Gasteiger partial charge in [-0.3, -0.25) is 18.6 Å². The quantitative estimate of drug-likeness (QED) is 0.0205. The van der Waals surface area contributed by atoms with Crippen LogP contribution in [-0.4, -0.2) is 74.3 Å². The second-order valence-electron chi connectivity index (χ2n) is 20.4. The van der Waals surface area contributed by atoms with Crippen molar-refractivity contribution in [1.29, 1.82) is 0 Å². The van der Waals surface area contributed by atoms with Crippen LogP contribution >= 0.6 is 7.82 Å². The standard InChI is InChI=1S/C66H109N2O7P/c1-7-10-13-16-19-22-25-27-29-31-32-33-34-35-36-37-39-41-44-47-50-53-56-59-66(70)75-64(57-54-51-48-45-42-24-21-18-15-12-9-3)63(62-74-76(71,72)73-61-60-68(4,5)6)67-65(69)58-55-52-49-46-43-40-38-30-28-26-23-20-17-14-11-8-2/h10-11,13-14,19-20,22-23,27-30,32-33,35-36,39-41,43,49,52,54,57,63-64H,7-9,12,15-18,21,24-26,31,34,37-38,42,44-48,50-51,53,55-56,58-62H2,1-6H3,(H-,67,69,71,72)/p+1/b13-10-,14-11+,22-19-,23-20+,29-27-,30-28+,33-32-,36-35-,41-39-,43-40+,52-49+,57-54-. The van der Waals surface area contributed by atoms with Gasteiger partial charge in [-0.25, -0.2) is 4.57 Å². The molecule has 0 rings (SSSR count).